The van der Waals surface area contributed by atoms with Crippen molar-refractivity contribution in [3.63, 3.8) is 0 Å². The first-order valence-electron chi connectivity index (χ1n) is 9.68. The van der Waals surface area contributed by atoms with Gasteiger partial charge in [-0.05, 0) is 48.0 Å². The molecule has 1 N–H and O–H groups in total. The predicted molar refractivity (Wildman–Crippen MR) is 115 cm³/mol. The van der Waals surface area contributed by atoms with Crippen molar-refractivity contribution in [2.45, 2.75) is 12.6 Å². The number of carbonyl (C=O) groups excluding carboxylic acids is 1. The van der Waals surface area contributed by atoms with Gasteiger partial charge in [0, 0.05) is 29.7 Å². The lowest BCUT2D eigenvalue weighted by Crippen LogP contribution is -2.29. The summed E-state index contributed by atoms with van der Waals surface area (Å²) in [4.78, 5) is 21.4. The van der Waals surface area contributed by atoms with Crippen molar-refractivity contribution in [2.24, 2.45) is 0 Å². The Hall–Kier alpha value is -3.99. The van der Waals surface area contributed by atoms with E-state index in [0.717, 1.165) is 16.8 Å². The van der Waals surface area contributed by atoms with E-state index in [0.29, 0.717) is 17.9 Å². The molecule has 0 aliphatic rings. The summed E-state index contributed by atoms with van der Waals surface area (Å²) in [5, 5.41) is 3.09. The largest absolute Gasteiger partial charge is 0.489 e. The third kappa shape index (κ3) is 4.89. The molecule has 5 heteroatoms. The van der Waals surface area contributed by atoms with E-state index in [1.165, 1.54) is 0 Å². The molecule has 148 valence electrons. The van der Waals surface area contributed by atoms with E-state index < -0.39 is 0 Å². The highest BCUT2D eigenvalue weighted by Crippen LogP contribution is 2.21. The number of pyridine rings is 2. The minimum absolute atomic E-state index is 0.173. The van der Waals surface area contributed by atoms with Crippen LogP contribution >= 0.6 is 0 Å². The van der Waals surface area contributed by atoms with Gasteiger partial charge in [-0.15, -0.1) is 0 Å². The van der Waals surface area contributed by atoms with Gasteiger partial charge in [0.2, 0.25) is 0 Å². The molecule has 4 rings (SSSR count). The number of nitrogens with one attached hydrogen (secondary N) is 1. The summed E-state index contributed by atoms with van der Waals surface area (Å²) in [5.74, 6) is 0.521. The van der Waals surface area contributed by atoms with Crippen LogP contribution in [-0.4, -0.2) is 15.9 Å². The van der Waals surface area contributed by atoms with Gasteiger partial charge < -0.3 is 10.1 Å². The van der Waals surface area contributed by atoms with Crippen LogP contribution in [0.2, 0.25) is 0 Å². The molecule has 2 aromatic heterocycles. The molecule has 0 saturated carbocycles. The van der Waals surface area contributed by atoms with Gasteiger partial charge in [-0.25, -0.2) is 0 Å². The Bertz CT molecular complexity index is 1030. The first-order valence-corrected chi connectivity index (χ1v) is 9.68. The van der Waals surface area contributed by atoms with Crippen LogP contribution in [-0.2, 0) is 6.61 Å². The summed E-state index contributed by atoms with van der Waals surface area (Å²) in [6, 6.07) is 26.1. The molecule has 1 unspecified atom stereocenters. The molecule has 0 spiro atoms. The van der Waals surface area contributed by atoms with Crippen LogP contribution in [0.1, 0.15) is 33.2 Å². The quantitative estimate of drug-likeness (QED) is 0.498. The van der Waals surface area contributed by atoms with Crippen molar-refractivity contribution in [3.05, 3.63) is 126 Å². The van der Waals surface area contributed by atoms with Crippen molar-refractivity contribution in [3.8, 4) is 5.75 Å². The summed E-state index contributed by atoms with van der Waals surface area (Å²) in [6.07, 6.45) is 5.22. The Morgan fingerprint density at radius 3 is 2.37 bits per heavy atom. The average Bonchev–Trinajstić information content (AvgIpc) is 2.83. The van der Waals surface area contributed by atoms with Gasteiger partial charge in [0.25, 0.3) is 5.91 Å². The number of carbonyl (C=O) groups is 1. The van der Waals surface area contributed by atoms with Gasteiger partial charge in [0.05, 0.1) is 11.7 Å². The fraction of sp³-hybridized carbons (Fsp3) is 0.0800. The van der Waals surface area contributed by atoms with Crippen molar-refractivity contribution >= 4 is 5.91 Å². The highest BCUT2D eigenvalue weighted by Gasteiger charge is 2.18. The lowest BCUT2D eigenvalue weighted by Gasteiger charge is -2.19. The van der Waals surface area contributed by atoms with E-state index in [1.54, 1.807) is 42.9 Å². The second-order valence-electron chi connectivity index (χ2n) is 6.75. The molecular formula is C25H21N3O2. The fourth-order valence-corrected chi connectivity index (χ4v) is 3.09. The van der Waals surface area contributed by atoms with E-state index in [1.807, 2.05) is 60.7 Å². The van der Waals surface area contributed by atoms with E-state index in [9.17, 15) is 4.79 Å². The van der Waals surface area contributed by atoms with Gasteiger partial charge >= 0.3 is 0 Å². The van der Waals surface area contributed by atoms with Gasteiger partial charge in [-0.1, -0.05) is 42.5 Å². The number of benzene rings is 2. The highest BCUT2D eigenvalue weighted by atomic mass is 16.5. The Morgan fingerprint density at radius 2 is 1.67 bits per heavy atom. The van der Waals surface area contributed by atoms with Crippen LogP contribution in [0.15, 0.2) is 104 Å². The summed E-state index contributed by atoms with van der Waals surface area (Å²) in [5.41, 5.74) is 3.30. The zero-order chi connectivity index (χ0) is 20.6. The molecule has 0 radical (unpaired) electrons. The smallest absolute Gasteiger partial charge is 0.252 e. The highest BCUT2D eigenvalue weighted by molar-refractivity contribution is 5.94. The van der Waals surface area contributed by atoms with E-state index >= 15 is 0 Å². The van der Waals surface area contributed by atoms with Gasteiger partial charge in [0.15, 0.2) is 0 Å². The first-order chi connectivity index (χ1) is 14.8. The average molecular weight is 395 g/mol. The lowest BCUT2D eigenvalue weighted by molar-refractivity contribution is 0.0942. The van der Waals surface area contributed by atoms with Crippen LogP contribution in [0.5, 0.6) is 5.75 Å². The number of hydrogen-bond acceptors (Lipinski definition) is 4. The van der Waals surface area contributed by atoms with Gasteiger partial charge in [0.1, 0.15) is 12.4 Å². The minimum Gasteiger partial charge on any atom is -0.489 e. The zero-order valence-electron chi connectivity index (χ0n) is 16.3. The van der Waals surface area contributed by atoms with Crippen molar-refractivity contribution in [1.29, 1.82) is 0 Å². The monoisotopic (exact) mass is 395 g/mol. The molecule has 0 aliphatic heterocycles. The molecule has 30 heavy (non-hydrogen) atoms. The topological polar surface area (TPSA) is 64.1 Å². The number of ether oxygens (including phenoxy) is 1. The molecule has 5 nitrogen and oxygen atoms in total. The summed E-state index contributed by atoms with van der Waals surface area (Å²) in [6.45, 7) is 0.426. The Morgan fingerprint density at radius 1 is 0.867 bits per heavy atom. The van der Waals surface area contributed by atoms with Crippen LogP contribution in [0.25, 0.3) is 0 Å². The van der Waals surface area contributed by atoms with E-state index in [2.05, 4.69) is 15.3 Å². The molecule has 0 saturated heterocycles. The number of amides is 1. The third-order valence-electron chi connectivity index (χ3n) is 4.64. The molecule has 0 aliphatic carbocycles. The Labute approximate surface area is 175 Å². The molecular weight excluding hydrogens is 374 g/mol. The maximum Gasteiger partial charge on any atom is 0.252 e. The van der Waals surface area contributed by atoms with Gasteiger partial charge in [-0.3, -0.25) is 14.8 Å². The van der Waals surface area contributed by atoms with Crippen LogP contribution in [0.4, 0.5) is 0 Å². The van der Waals surface area contributed by atoms with Crippen LogP contribution in [0, 0.1) is 0 Å². The Balaban J connectivity index is 1.46. The standard InChI is InChI=1S/C25H21N3O2/c29-25(21-11-13-22(14-12-21)30-18-19-7-6-15-26-17-19)28-24(20-8-2-1-3-9-20)23-10-4-5-16-27-23/h1-17,24H,18H2,(H,28,29). The fourth-order valence-electron chi connectivity index (χ4n) is 3.09. The molecule has 0 fully saturated rings. The van der Waals surface area contributed by atoms with E-state index in [4.69, 9.17) is 4.74 Å². The number of rotatable bonds is 7. The molecule has 1 atom stereocenters. The molecule has 2 aromatic carbocycles. The van der Waals surface area contributed by atoms with Crippen LogP contribution in [0.3, 0.4) is 0 Å². The second-order valence-corrected chi connectivity index (χ2v) is 6.75. The maximum absolute atomic E-state index is 12.9. The maximum atomic E-state index is 12.9. The normalized spacial score (nSPS) is 11.5. The SMILES string of the molecule is O=C(NC(c1ccccc1)c1ccccn1)c1ccc(OCc2cccnc2)cc1. The summed E-state index contributed by atoms with van der Waals surface area (Å²) >= 11 is 0. The third-order valence-corrected chi connectivity index (χ3v) is 4.64. The predicted octanol–water partition coefficient (Wildman–Crippen LogP) is 4.58. The number of aromatic nitrogens is 2. The van der Waals surface area contributed by atoms with Crippen molar-refractivity contribution in [2.75, 3.05) is 0 Å². The van der Waals surface area contributed by atoms with Gasteiger partial charge in [-0.2, -0.15) is 0 Å². The van der Waals surface area contributed by atoms with Crippen molar-refractivity contribution in [1.82, 2.24) is 15.3 Å². The minimum atomic E-state index is -0.332. The number of hydrogen-bond donors (Lipinski definition) is 1. The second kappa shape index (κ2) is 9.47. The van der Waals surface area contributed by atoms with E-state index in [-0.39, 0.29) is 11.9 Å². The Kier molecular flexibility index (Phi) is 6.11. The summed E-state index contributed by atoms with van der Waals surface area (Å²) in [7, 11) is 0. The lowest BCUT2D eigenvalue weighted by atomic mass is 10.0. The summed E-state index contributed by atoms with van der Waals surface area (Å²) < 4.78 is 5.76. The molecule has 1 amide bonds. The number of nitrogens with zero attached hydrogens (tertiary/aromatic N) is 2. The molecule has 4 aromatic rings. The first kappa shape index (κ1) is 19.3. The van der Waals surface area contributed by atoms with Crippen LogP contribution < -0.4 is 10.1 Å². The molecule has 2 heterocycles. The van der Waals surface area contributed by atoms with Crippen molar-refractivity contribution < 1.29 is 9.53 Å². The zero-order valence-corrected chi connectivity index (χ0v) is 16.3. The molecule has 0 bridgehead atoms.